The summed E-state index contributed by atoms with van der Waals surface area (Å²) in [4.78, 5) is 16.3. The minimum Gasteiger partial charge on any atom is -0.331 e. The third-order valence-electron chi connectivity index (χ3n) is 3.23. The minimum atomic E-state index is -0.528. The van der Waals surface area contributed by atoms with Crippen molar-refractivity contribution in [3.05, 3.63) is 24.0 Å². The molecule has 2 aromatic rings. The maximum atomic E-state index is 11.6. The number of carbonyl (C=O) groups is 1. The molecule has 116 valence electrons. The predicted molar refractivity (Wildman–Crippen MR) is 88.9 cm³/mol. The fourth-order valence-electron chi connectivity index (χ4n) is 2.20. The van der Waals surface area contributed by atoms with Crippen LogP contribution in [0.3, 0.4) is 0 Å². The van der Waals surface area contributed by atoms with Gasteiger partial charge in [0.25, 0.3) is 0 Å². The van der Waals surface area contributed by atoms with E-state index in [-0.39, 0.29) is 23.7 Å². The van der Waals surface area contributed by atoms with E-state index >= 15 is 0 Å². The summed E-state index contributed by atoms with van der Waals surface area (Å²) in [5, 5.41) is 2.79. The molecule has 5 nitrogen and oxygen atoms in total. The summed E-state index contributed by atoms with van der Waals surface area (Å²) < 4.78 is 2.09. The summed E-state index contributed by atoms with van der Waals surface area (Å²) >= 11 is 0. The van der Waals surface area contributed by atoms with E-state index in [2.05, 4.69) is 35.6 Å². The first-order valence-corrected chi connectivity index (χ1v) is 6.73. The van der Waals surface area contributed by atoms with Crippen molar-refractivity contribution in [2.24, 2.45) is 12.8 Å². The molecule has 3 N–H and O–H groups in total. The summed E-state index contributed by atoms with van der Waals surface area (Å²) in [6.07, 6.45) is 0. The molecule has 1 atom stereocenters. The quantitative estimate of drug-likeness (QED) is 0.895. The van der Waals surface area contributed by atoms with Crippen LogP contribution in [0.4, 0.5) is 5.69 Å². The lowest BCUT2D eigenvalue weighted by molar-refractivity contribution is -0.117. The first-order valence-electron chi connectivity index (χ1n) is 6.73. The number of aromatic nitrogens is 2. The van der Waals surface area contributed by atoms with Crippen LogP contribution in [-0.4, -0.2) is 21.5 Å². The summed E-state index contributed by atoms with van der Waals surface area (Å²) in [5.41, 5.74) is 8.17. The molecule has 0 spiro atoms. The highest BCUT2D eigenvalue weighted by Crippen LogP contribution is 2.26. The fraction of sp³-hybridized carbons (Fsp3) is 0.467. The van der Waals surface area contributed by atoms with Gasteiger partial charge in [0, 0.05) is 18.2 Å². The number of fused-ring (bicyclic) bond motifs is 1. The van der Waals surface area contributed by atoms with E-state index in [1.807, 2.05) is 25.2 Å². The van der Waals surface area contributed by atoms with Crippen LogP contribution in [0.25, 0.3) is 11.0 Å². The van der Waals surface area contributed by atoms with Crippen LogP contribution in [-0.2, 0) is 17.3 Å². The smallest absolute Gasteiger partial charge is 0.240 e. The van der Waals surface area contributed by atoms with E-state index in [0.29, 0.717) is 0 Å². The van der Waals surface area contributed by atoms with E-state index < -0.39 is 6.04 Å². The van der Waals surface area contributed by atoms with Gasteiger partial charge in [0.2, 0.25) is 5.91 Å². The zero-order valence-corrected chi connectivity index (χ0v) is 13.9. The first-order chi connectivity index (χ1) is 9.20. The molecule has 2 rings (SSSR count). The van der Waals surface area contributed by atoms with Crippen LogP contribution < -0.4 is 11.1 Å². The number of halogens is 1. The molecular formula is C15H23ClN4O. The molecule has 0 saturated heterocycles. The topological polar surface area (TPSA) is 72.9 Å². The molecule has 1 aromatic heterocycles. The third-order valence-corrected chi connectivity index (χ3v) is 3.23. The lowest BCUT2D eigenvalue weighted by atomic mass is 9.96. The zero-order chi connectivity index (χ0) is 15.1. The molecule has 0 aliphatic heterocycles. The summed E-state index contributed by atoms with van der Waals surface area (Å²) in [5.74, 6) is 0.819. The van der Waals surface area contributed by atoms with Crippen molar-refractivity contribution in [1.82, 2.24) is 9.55 Å². The molecule has 6 heteroatoms. The van der Waals surface area contributed by atoms with Crippen LogP contribution >= 0.6 is 12.4 Å². The molecule has 1 unspecified atom stereocenters. The van der Waals surface area contributed by atoms with Crippen molar-refractivity contribution in [3.8, 4) is 0 Å². The van der Waals surface area contributed by atoms with Gasteiger partial charge in [-0.15, -0.1) is 12.4 Å². The van der Waals surface area contributed by atoms with Gasteiger partial charge in [-0.2, -0.15) is 0 Å². The number of rotatable bonds is 2. The van der Waals surface area contributed by atoms with E-state index in [4.69, 9.17) is 5.73 Å². The minimum absolute atomic E-state index is 0. The van der Waals surface area contributed by atoms with Crippen molar-refractivity contribution < 1.29 is 4.79 Å². The lowest BCUT2D eigenvalue weighted by Gasteiger charge is -2.17. The lowest BCUT2D eigenvalue weighted by Crippen LogP contribution is -2.32. The second kappa shape index (κ2) is 6.03. The molecule has 21 heavy (non-hydrogen) atoms. The van der Waals surface area contributed by atoms with Crippen LogP contribution in [0.15, 0.2) is 18.2 Å². The number of hydrogen-bond acceptors (Lipinski definition) is 3. The van der Waals surface area contributed by atoms with Gasteiger partial charge in [-0.05, 0) is 25.1 Å². The number of carbonyl (C=O) groups excluding carboxylic acids is 1. The summed E-state index contributed by atoms with van der Waals surface area (Å²) in [7, 11) is 2.01. The Morgan fingerprint density at radius 3 is 2.52 bits per heavy atom. The van der Waals surface area contributed by atoms with Gasteiger partial charge in [-0.25, -0.2) is 4.98 Å². The Hall–Kier alpha value is -1.59. The number of anilines is 1. The van der Waals surface area contributed by atoms with Gasteiger partial charge in [-0.3, -0.25) is 4.79 Å². The summed E-state index contributed by atoms with van der Waals surface area (Å²) in [6, 6.07) is 5.19. The highest BCUT2D eigenvalue weighted by Gasteiger charge is 2.21. The van der Waals surface area contributed by atoms with Crippen molar-refractivity contribution in [1.29, 1.82) is 0 Å². The molecule has 0 bridgehead atoms. The molecule has 0 aliphatic carbocycles. The highest BCUT2D eigenvalue weighted by atomic mass is 35.5. The van der Waals surface area contributed by atoms with Crippen LogP contribution in [0.1, 0.15) is 33.5 Å². The molecule has 0 saturated carbocycles. The van der Waals surface area contributed by atoms with Crippen LogP contribution in [0, 0.1) is 0 Å². The van der Waals surface area contributed by atoms with Gasteiger partial charge < -0.3 is 15.6 Å². The Morgan fingerprint density at radius 2 is 2.00 bits per heavy atom. The largest absolute Gasteiger partial charge is 0.331 e. The summed E-state index contributed by atoms with van der Waals surface area (Å²) in [6.45, 7) is 8.05. The SMILES string of the molecule is CC(N)C(=O)Nc1ccc2c(c1)nc(C(C)(C)C)n2C.Cl. The number of imidazole rings is 1. The predicted octanol–water partition coefficient (Wildman–Crippen LogP) is 2.58. The Labute approximate surface area is 131 Å². The molecule has 0 aliphatic rings. The Kier molecular flexibility index (Phi) is 5.02. The first kappa shape index (κ1) is 17.5. The molecular weight excluding hydrogens is 288 g/mol. The second-order valence-electron chi connectivity index (χ2n) is 6.23. The van der Waals surface area contributed by atoms with E-state index in [1.54, 1.807) is 6.92 Å². The Morgan fingerprint density at radius 1 is 1.38 bits per heavy atom. The number of benzene rings is 1. The Balaban J connectivity index is 0.00000220. The fourth-order valence-corrected chi connectivity index (χ4v) is 2.20. The maximum Gasteiger partial charge on any atom is 0.240 e. The molecule has 1 aromatic carbocycles. The van der Waals surface area contributed by atoms with Crippen molar-refractivity contribution in [2.45, 2.75) is 39.2 Å². The van der Waals surface area contributed by atoms with E-state index in [1.165, 1.54) is 0 Å². The average Bonchev–Trinajstić information content (AvgIpc) is 2.66. The Bertz CT molecular complexity index is 655. The normalized spacial score (nSPS) is 12.9. The number of hydrogen-bond donors (Lipinski definition) is 2. The molecule has 1 heterocycles. The standard InChI is InChI=1S/C15H22N4O.ClH/c1-9(16)13(20)17-10-6-7-12-11(8-10)18-14(19(12)5)15(2,3)4;/h6-9H,16H2,1-5H3,(H,17,20);1H. The number of nitrogens with two attached hydrogens (primary N) is 1. The highest BCUT2D eigenvalue weighted by molar-refractivity contribution is 5.96. The number of nitrogens with one attached hydrogen (secondary N) is 1. The number of aryl methyl sites for hydroxylation is 1. The van der Waals surface area contributed by atoms with Gasteiger partial charge in [0.05, 0.1) is 17.1 Å². The van der Waals surface area contributed by atoms with E-state index in [0.717, 1.165) is 22.5 Å². The second-order valence-corrected chi connectivity index (χ2v) is 6.23. The van der Waals surface area contributed by atoms with Crippen molar-refractivity contribution in [3.63, 3.8) is 0 Å². The number of amides is 1. The van der Waals surface area contributed by atoms with Gasteiger partial charge in [0.1, 0.15) is 5.82 Å². The van der Waals surface area contributed by atoms with Crippen LogP contribution in [0.5, 0.6) is 0 Å². The maximum absolute atomic E-state index is 11.6. The monoisotopic (exact) mass is 310 g/mol. The average molecular weight is 311 g/mol. The molecule has 0 fully saturated rings. The molecule has 1 amide bonds. The van der Waals surface area contributed by atoms with Gasteiger partial charge in [-0.1, -0.05) is 20.8 Å². The number of nitrogens with zero attached hydrogens (tertiary/aromatic N) is 2. The zero-order valence-electron chi connectivity index (χ0n) is 13.1. The van der Waals surface area contributed by atoms with E-state index in [9.17, 15) is 4.79 Å². The van der Waals surface area contributed by atoms with Gasteiger partial charge >= 0.3 is 0 Å². The van der Waals surface area contributed by atoms with Crippen molar-refractivity contribution >= 4 is 35.0 Å². The van der Waals surface area contributed by atoms with Crippen molar-refractivity contribution in [2.75, 3.05) is 5.32 Å². The van der Waals surface area contributed by atoms with Crippen LogP contribution in [0.2, 0.25) is 0 Å². The third kappa shape index (κ3) is 3.54. The van der Waals surface area contributed by atoms with Gasteiger partial charge in [0.15, 0.2) is 0 Å². The molecule has 0 radical (unpaired) electrons.